The lowest BCUT2D eigenvalue weighted by Crippen LogP contribution is -2.59. The molecule has 11 nitrogen and oxygen atoms in total. The van der Waals surface area contributed by atoms with Crippen LogP contribution in [-0.2, 0) is 19.2 Å². The average Bonchev–Trinajstić information content (AvgIpc) is 3.36. The number of thiazole rings is 1. The lowest BCUT2D eigenvalue weighted by Gasteiger charge is -2.36. The van der Waals surface area contributed by atoms with E-state index in [0.29, 0.717) is 5.56 Å². The maximum Gasteiger partial charge on any atom is 0.258 e. The number of nitrogens with zero attached hydrogens (tertiary/aromatic N) is 2. The SMILES string of the molecule is Cc1ncsc1-c1ccc([C@H](CC(=O)NCCN)NC(=O)[C@@H]2C[C@@H](O)CN2C(=O)[C@@H](NC(=O)C2(F)CC2)C(C)(C)C)cc1. The summed E-state index contributed by atoms with van der Waals surface area (Å²) >= 11 is 1.51. The number of aryl methyl sites for hydroxylation is 1. The zero-order valence-electron chi connectivity index (χ0n) is 25.0. The molecular formula is C30H41FN6O5S. The Hall–Kier alpha value is -3.42. The topological polar surface area (TPSA) is 167 Å². The number of nitrogens with one attached hydrogen (secondary N) is 3. The van der Waals surface area contributed by atoms with Crippen molar-refractivity contribution in [1.29, 1.82) is 0 Å². The Bertz CT molecular complexity index is 1340. The van der Waals surface area contributed by atoms with Gasteiger partial charge < -0.3 is 31.7 Å². The lowest BCUT2D eigenvalue weighted by molar-refractivity contribution is -0.145. The zero-order valence-corrected chi connectivity index (χ0v) is 25.8. The highest BCUT2D eigenvalue weighted by Crippen LogP contribution is 2.40. The van der Waals surface area contributed by atoms with Crippen LogP contribution in [0.4, 0.5) is 4.39 Å². The lowest BCUT2D eigenvalue weighted by atomic mass is 9.85. The number of hydrogen-bond donors (Lipinski definition) is 5. The molecule has 13 heteroatoms. The standard InChI is InChI=1S/C30H41FN6O5S/c1-17-24(43-16-34-17)19-7-5-18(6-8-19)21(14-23(39)33-12-11-32)35-26(40)22-13-20(38)15-37(22)27(41)25(29(2,3)4)36-28(42)30(31)9-10-30/h5-8,16,20-22,25,38H,9-15,32H2,1-4H3,(H,33,39)(H,35,40)(H,36,42)/t20-,21+,22+,25-/m1/s1. The van der Waals surface area contributed by atoms with Gasteiger partial charge in [0, 0.05) is 26.1 Å². The summed E-state index contributed by atoms with van der Waals surface area (Å²) in [6.07, 6.45) is -0.872. The molecule has 0 unspecified atom stereocenters. The molecule has 6 N–H and O–H groups in total. The van der Waals surface area contributed by atoms with Crippen molar-refractivity contribution in [3.8, 4) is 10.4 Å². The van der Waals surface area contributed by atoms with Crippen LogP contribution in [0.15, 0.2) is 29.8 Å². The number of hydrogen-bond acceptors (Lipinski definition) is 8. The van der Waals surface area contributed by atoms with Crippen LogP contribution in [0.5, 0.6) is 0 Å². The molecule has 2 aromatic rings. The quantitative estimate of drug-likeness (QED) is 0.256. The molecule has 1 aliphatic heterocycles. The van der Waals surface area contributed by atoms with Gasteiger partial charge in [-0.15, -0.1) is 11.3 Å². The number of likely N-dealkylation sites (tertiary alicyclic amines) is 1. The largest absolute Gasteiger partial charge is 0.391 e. The first-order chi connectivity index (χ1) is 20.2. The van der Waals surface area contributed by atoms with Gasteiger partial charge in [-0.1, -0.05) is 45.0 Å². The fourth-order valence-corrected chi connectivity index (χ4v) is 5.96. The number of aromatic nitrogens is 1. The second-order valence-electron chi connectivity index (χ2n) is 12.4. The third-order valence-electron chi connectivity index (χ3n) is 7.84. The fourth-order valence-electron chi connectivity index (χ4n) is 5.15. The minimum Gasteiger partial charge on any atom is -0.391 e. The van der Waals surface area contributed by atoms with E-state index >= 15 is 0 Å². The Morgan fingerprint density at radius 3 is 2.42 bits per heavy atom. The molecule has 4 amide bonds. The van der Waals surface area contributed by atoms with E-state index in [0.717, 1.165) is 16.1 Å². The van der Waals surface area contributed by atoms with Gasteiger partial charge in [-0.05, 0) is 36.3 Å². The number of carbonyl (C=O) groups is 4. The molecule has 0 spiro atoms. The number of alkyl halides is 1. The van der Waals surface area contributed by atoms with Crippen LogP contribution < -0.4 is 21.7 Å². The summed E-state index contributed by atoms with van der Waals surface area (Å²) in [5.41, 5.74) is 7.05. The molecule has 2 fully saturated rings. The van der Waals surface area contributed by atoms with Gasteiger partial charge in [-0.2, -0.15) is 0 Å². The van der Waals surface area contributed by atoms with E-state index in [1.54, 1.807) is 26.3 Å². The van der Waals surface area contributed by atoms with Crippen LogP contribution in [-0.4, -0.2) is 82.1 Å². The number of β-amino-alcohol motifs (C(OH)–C–C–N with tert-alkyl or cyclic N) is 1. The van der Waals surface area contributed by atoms with E-state index in [1.807, 2.05) is 31.2 Å². The van der Waals surface area contributed by atoms with E-state index in [-0.39, 0.29) is 51.2 Å². The van der Waals surface area contributed by atoms with Gasteiger partial charge in [-0.3, -0.25) is 19.2 Å². The Morgan fingerprint density at radius 1 is 1.19 bits per heavy atom. The second kappa shape index (κ2) is 13.1. The molecule has 2 aliphatic rings. The summed E-state index contributed by atoms with van der Waals surface area (Å²) in [5, 5.41) is 18.7. The molecule has 1 saturated heterocycles. The van der Waals surface area contributed by atoms with Crippen LogP contribution in [0.25, 0.3) is 10.4 Å². The highest BCUT2D eigenvalue weighted by atomic mass is 32.1. The molecule has 1 aromatic heterocycles. The van der Waals surface area contributed by atoms with Crippen molar-refractivity contribution in [2.45, 2.75) is 83.3 Å². The summed E-state index contributed by atoms with van der Waals surface area (Å²) < 4.78 is 14.5. The van der Waals surface area contributed by atoms with Gasteiger partial charge in [0.05, 0.1) is 34.6 Å². The number of benzene rings is 1. The first kappa shape index (κ1) is 32.5. The molecule has 4 rings (SSSR count). The number of aliphatic hydroxyl groups excluding tert-OH is 1. The van der Waals surface area contributed by atoms with Gasteiger partial charge in [-0.25, -0.2) is 9.37 Å². The molecule has 0 bridgehead atoms. The molecule has 0 radical (unpaired) electrons. The number of carbonyl (C=O) groups excluding carboxylic acids is 4. The van der Waals surface area contributed by atoms with Gasteiger partial charge in [0.15, 0.2) is 5.67 Å². The fraction of sp³-hybridized carbons (Fsp3) is 0.567. The van der Waals surface area contributed by atoms with E-state index in [2.05, 4.69) is 20.9 Å². The second-order valence-corrected chi connectivity index (χ2v) is 13.3. The first-order valence-electron chi connectivity index (χ1n) is 14.5. The minimum absolute atomic E-state index is 0.0227. The molecule has 2 heterocycles. The number of halogens is 1. The molecule has 1 aromatic carbocycles. The van der Waals surface area contributed by atoms with Crippen molar-refractivity contribution in [3.05, 3.63) is 41.0 Å². The van der Waals surface area contributed by atoms with E-state index in [1.165, 1.54) is 16.2 Å². The van der Waals surface area contributed by atoms with Crippen LogP contribution in [0.2, 0.25) is 0 Å². The first-order valence-corrected chi connectivity index (χ1v) is 15.4. The summed E-state index contributed by atoms with van der Waals surface area (Å²) in [7, 11) is 0. The third kappa shape index (κ3) is 7.76. The molecule has 234 valence electrons. The molecule has 1 saturated carbocycles. The van der Waals surface area contributed by atoms with Crippen LogP contribution >= 0.6 is 11.3 Å². The number of rotatable bonds is 11. The van der Waals surface area contributed by atoms with Crippen molar-refractivity contribution >= 4 is 35.0 Å². The smallest absolute Gasteiger partial charge is 0.258 e. The van der Waals surface area contributed by atoms with Gasteiger partial charge in [0.1, 0.15) is 12.1 Å². The Morgan fingerprint density at radius 2 is 1.86 bits per heavy atom. The highest BCUT2D eigenvalue weighted by Gasteiger charge is 2.53. The van der Waals surface area contributed by atoms with E-state index in [9.17, 15) is 28.7 Å². The number of nitrogens with two attached hydrogens (primary N) is 1. The highest BCUT2D eigenvalue weighted by molar-refractivity contribution is 7.13. The van der Waals surface area contributed by atoms with Crippen LogP contribution in [0.3, 0.4) is 0 Å². The Labute approximate surface area is 254 Å². The number of amides is 4. The average molecular weight is 617 g/mol. The van der Waals surface area contributed by atoms with E-state index < -0.39 is 53.0 Å². The monoisotopic (exact) mass is 616 g/mol. The normalized spacial score (nSPS) is 20.7. The van der Waals surface area contributed by atoms with Gasteiger partial charge in [0.25, 0.3) is 5.91 Å². The Balaban J connectivity index is 1.55. The zero-order chi connectivity index (χ0) is 31.5. The third-order valence-corrected chi connectivity index (χ3v) is 8.82. The minimum atomic E-state index is -1.98. The van der Waals surface area contributed by atoms with Gasteiger partial charge in [0.2, 0.25) is 17.7 Å². The van der Waals surface area contributed by atoms with E-state index in [4.69, 9.17) is 5.73 Å². The maximum absolute atomic E-state index is 14.5. The predicted molar refractivity (Wildman–Crippen MR) is 160 cm³/mol. The van der Waals surface area contributed by atoms with Crippen molar-refractivity contribution in [1.82, 2.24) is 25.8 Å². The number of aliphatic hydroxyl groups is 1. The molecule has 43 heavy (non-hydrogen) atoms. The summed E-state index contributed by atoms with van der Waals surface area (Å²) in [4.78, 5) is 59.3. The van der Waals surface area contributed by atoms with Crippen LogP contribution in [0.1, 0.15) is 63.8 Å². The summed E-state index contributed by atoms with van der Waals surface area (Å²) in [5.74, 6) is -2.29. The van der Waals surface area contributed by atoms with Crippen molar-refractivity contribution in [3.63, 3.8) is 0 Å². The maximum atomic E-state index is 14.5. The van der Waals surface area contributed by atoms with Crippen LogP contribution in [0, 0.1) is 12.3 Å². The summed E-state index contributed by atoms with van der Waals surface area (Å²) in [6, 6.07) is 4.55. The molecule has 1 aliphatic carbocycles. The molecule has 4 atom stereocenters. The van der Waals surface area contributed by atoms with Crippen molar-refractivity contribution in [2.75, 3.05) is 19.6 Å². The predicted octanol–water partition coefficient (Wildman–Crippen LogP) is 1.74. The molecular weight excluding hydrogens is 575 g/mol. The summed E-state index contributed by atoms with van der Waals surface area (Å²) in [6.45, 7) is 7.56. The van der Waals surface area contributed by atoms with Gasteiger partial charge >= 0.3 is 0 Å². The van der Waals surface area contributed by atoms with Crippen molar-refractivity contribution < 1.29 is 28.7 Å². The van der Waals surface area contributed by atoms with Crippen molar-refractivity contribution in [2.24, 2.45) is 11.1 Å². The Kier molecular flexibility index (Phi) is 9.87.